The minimum atomic E-state index is -0.934. The van der Waals surface area contributed by atoms with Crippen LogP contribution in [0.15, 0.2) is 24.3 Å². The van der Waals surface area contributed by atoms with Crippen molar-refractivity contribution >= 4 is 35.4 Å². The molecule has 11 nitrogen and oxygen atoms in total. The Bertz CT molecular complexity index is 1080. The molecular formula is C25H34N6O5. The molecule has 1 aliphatic rings. The summed E-state index contributed by atoms with van der Waals surface area (Å²) in [6.07, 6.45) is 2.75. The van der Waals surface area contributed by atoms with Gasteiger partial charge in [-0.15, -0.1) is 0 Å². The van der Waals surface area contributed by atoms with Crippen LogP contribution in [0.1, 0.15) is 66.9 Å². The number of anilines is 3. The van der Waals surface area contributed by atoms with E-state index >= 15 is 0 Å². The van der Waals surface area contributed by atoms with E-state index in [0.29, 0.717) is 17.2 Å². The molecule has 0 saturated carbocycles. The number of aryl methyl sites for hydroxylation is 1. The van der Waals surface area contributed by atoms with Gasteiger partial charge in [-0.2, -0.15) is 9.97 Å². The topological polar surface area (TPSA) is 172 Å². The molecule has 1 unspecified atom stereocenters. The quantitative estimate of drug-likeness (QED) is 0.318. The number of hydrogen-bond donors (Lipinski definition) is 4. The molecule has 2 aromatic rings. The maximum Gasteiger partial charge on any atom is 0.328 e. The zero-order valence-electron chi connectivity index (χ0n) is 20.7. The maximum absolute atomic E-state index is 12.7. The first-order valence-corrected chi connectivity index (χ1v) is 12.2. The van der Waals surface area contributed by atoms with E-state index in [4.69, 9.17) is 20.9 Å². The fourth-order valence-electron chi connectivity index (χ4n) is 4.21. The molecule has 36 heavy (non-hydrogen) atoms. The summed E-state index contributed by atoms with van der Waals surface area (Å²) in [5.74, 6) is 0.100. The average molecular weight is 499 g/mol. The van der Waals surface area contributed by atoms with Crippen molar-refractivity contribution in [3.8, 4) is 0 Å². The number of hydrogen-bond acceptors (Lipinski definition) is 10. The van der Waals surface area contributed by atoms with Gasteiger partial charge < -0.3 is 31.6 Å². The summed E-state index contributed by atoms with van der Waals surface area (Å²) in [6, 6.07) is 6.30. The molecule has 2 atom stereocenters. The largest absolute Gasteiger partial charge is 0.466 e. The second kappa shape index (κ2) is 12.7. The highest BCUT2D eigenvalue weighted by molar-refractivity contribution is 5.96. The molecule has 1 amide bonds. The molecular weight excluding hydrogens is 464 g/mol. The van der Waals surface area contributed by atoms with Gasteiger partial charge in [0.05, 0.1) is 13.2 Å². The number of nitrogens with zero attached hydrogens (tertiary/aromatic N) is 2. The summed E-state index contributed by atoms with van der Waals surface area (Å²) in [5, 5.41) is 5.91. The highest BCUT2D eigenvalue weighted by atomic mass is 16.5. The van der Waals surface area contributed by atoms with Gasteiger partial charge in [0.15, 0.2) is 0 Å². The number of amides is 1. The second-order valence-corrected chi connectivity index (χ2v) is 8.52. The van der Waals surface area contributed by atoms with Crippen molar-refractivity contribution in [3.63, 3.8) is 0 Å². The third-order valence-corrected chi connectivity index (χ3v) is 5.97. The first kappa shape index (κ1) is 26.7. The number of carbonyl (C=O) groups is 3. The van der Waals surface area contributed by atoms with Crippen LogP contribution in [-0.4, -0.2) is 53.6 Å². The number of nitrogens with one attached hydrogen (secondary N) is 2. The fraction of sp³-hybridized carbons (Fsp3) is 0.480. The standard InChI is InChI=1S/C25H34N6O5/c1-3-35-19(32)13-12-18(24(34)36-4-2)29-23(33)16-10-8-15(9-11-16)6-5-7-17-14-28-22-20(17)21(26)30-25(27)31-22/h8-11,17-18H,3-7,12-14H2,1-2H3,(H,29,33)(H5,26,27,28,30,31)/t17?,18-/m1/s1. The molecule has 3 rings (SSSR count). The normalized spacial score (nSPS) is 14.9. The van der Waals surface area contributed by atoms with Gasteiger partial charge >= 0.3 is 11.9 Å². The van der Waals surface area contributed by atoms with E-state index in [1.807, 2.05) is 12.1 Å². The Kier molecular flexibility index (Phi) is 9.43. The van der Waals surface area contributed by atoms with Crippen LogP contribution in [0.3, 0.4) is 0 Å². The number of carbonyl (C=O) groups excluding carboxylic acids is 3. The van der Waals surface area contributed by atoms with Crippen molar-refractivity contribution in [2.45, 2.75) is 57.9 Å². The Balaban J connectivity index is 1.52. The molecule has 0 bridgehead atoms. The zero-order chi connectivity index (χ0) is 26.1. The van der Waals surface area contributed by atoms with E-state index in [0.717, 1.165) is 36.9 Å². The highest BCUT2D eigenvalue weighted by Crippen LogP contribution is 2.36. The number of nitrogens with two attached hydrogens (primary N) is 2. The van der Waals surface area contributed by atoms with E-state index in [2.05, 4.69) is 20.6 Å². The van der Waals surface area contributed by atoms with Gasteiger partial charge in [0.2, 0.25) is 5.95 Å². The predicted molar refractivity (Wildman–Crippen MR) is 135 cm³/mol. The first-order chi connectivity index (χ1) is 17.3. The van der Waals surface area contributed by atoms with E-state index in [-0.39, 0.29) is 37.9 Å². The van der Waals surface area contributed by atoms with Gasteiger partial charge in [0.1, 0.15) is 17.7 Å². The van der Waals surface area contributed by atoms with Gasteiger partial charge in [-0.05, 0) is 57.2 Å². The van der Waals surface area contributed by atoms with Crippen LogP contribution in [0, 0.1) is 0 Å². The van der Waals surface area contributed by atoms with Crippen LogP contribution in [0.25, 0.3) is 0 Å². The molecule has 11 heteroatoms. The van der Waals surface area contributed by atoms with Gasteiger partial charge in [0.25, 0.3) is 5.91 Å². The van der Waals surface area contributed by atoms with Crippen LogP contribution in [0.4, 0.5) is 17.6 Å². The van der Waals surface area contributed by atoms with Gasteiger partial charge in [-0.1, -0.05) is 12.1 Å². The average Bonchev–Trinajstić information content (AvgIpc) is 3.25. The van der Waals surface area contributed by atoms with Crippen molar-refractivity contribution in [3.05, 3.63) is 41.0 Å². The van der Waals surface area contributed by atoms with Crippen LogP contribution in [-0.2, 0) is 25.5 Å². The highest BCUT2D eigenvalue weighted by Gasteiger charge is 2.27. The minimum absolute atomic E-state index is 0.00267. The van der Waals surface area contributed by atoms with E-state index < -0.39 is 23.9 Å². The molecule has 6 N–H and O–H groups in total. The van der Waals surface area contributed by atoms with Crippen molar-refractivity contribution in [1.29, 1.82) is 0 Å². The third kappa shape index (κ3) is 7.06. The van der Waals surface area contributed by atoms with Crippen molar-refractivity contribution in [2.75, 3.05) is 36.5 Å². The molecule has 0 aliphatic carbocycles. The number of nitrogen functional groups attached to an aromatic ring is 2. The van der Waals surface area contributed by atoms with E-state index in [1.54, 1.807) is 26.0 Å². The summed E-state index contributed by atoms with van der Waals surface area (Å²) in [7, 11) is 0. The lowest BCUT2D eigenvalue weighted by molar-refractivity contribution is -0.146. The Morgan fingerprint density at radius 2 is 1.83 bits per heavy atom. The molecule has 0 spiro atoms. The molecule has 0 saturated heterocycles. The summed E-state index contributed by atoms with van der Waals surface area (Å²) in [5.41, 5.74) is 14.1. The number of esters is 2. The predicted octanol–water partition coefficient (Wildman–Crippen LogP) is 2.18. The van der Waals surface area contributed by atoms with Gasteiger partial charge in [-0.25, -0.2) is 4.79 Å². The molecule has 1 aromatic heterocycles. The molecule has 194 valence electrons. The molecule has 0 fully saturated rings. The Morgan fingerprint density at radius 1 is 1.11 bits per heavy atom. The van der Waals surface area contributed by atoms with Crippen molar-refractivity contribution in [1.82, 2.24) is 15.3 Å². The van der Waals surface area contributed by atoms with E-state index in [1.165, 1.54) is 0 Å². The van der Waals surface area contributed by atoms with Gasteiger partial charge in [0, 0.05) is 30.0 Å². The number of rotatable bonds is 12. The summed E-state index contributed by atoms with van der Waals surface area (Å²) in [6.45, 7) is 4.56. The fourth-order valence-corrected chi connectivity index (χ4v) is 4.21. The van der Waals surface area contributed by atoms with Crippen LogP contribution >= 0.6 is 0 Å². The molecule has 1 aliphatic heterocycles. The Hall–Kier alpha value is -3.89. The Labute approximate surface area is 210 Å². The minimum Gasteiger partial charge on any atom is -0.466 e. The monoisotopic (exact) mass is 498 g/mol. The second-order valence-electron chi connectivity index (χ2n) is 8.52. The first-order valence-electron chi connectivity index (χ1n) is 12.2. The number of aromatic nitrogens is 2. The smallest absolute Gasteiger partial charge is 0.328 e. The van der Waals surface area contributed by atoms with Crippen molar-refractivity contribution < 1.29 is 23.9 Å². The zero-order valence-corrected chi connectivity index (χ0v) is 20.7. The number of benzene rings is 1. The summed E-state index contributed by atoms with van der Waals surface area (Å²) >= 11 is 0. The van der Waals surface area contributed by atoms with Gasteiger partial charge in [-0.3, -0.25) is 9.59 Å². The lowest BCUT2D eigenvalue weighted by Crippen LogP contribution is -2.42. The summed E-state index contributed by atoms with van der Waals surface area (Å²) in [4.78, 5) is 45.0. The number of fused-ring (bicyclic) bond motifs is 1. The number of ether oxygens (including phenoxy) is 2. The summed E-state index contributed by atoms with van der Waals surface area (Å²) < 4.78 is 9.94. The molecule has 0 radical (unpaired) electrons. The lowest BCUT2D eigenvalue weighted by atomic mass is 9.95. The van der Waals surface area contributed by atoms with E-state index in [9.17, 15) is 14.4 Å². The third-order valence-electron chi connectivity index (χ3n) is 5.97. The lowest BCUT2D eigenvalue weighted by Gasteiger charge is -2.17. The Morgan fingerprint density at radius 3 is 2.53 bits per heavy atom. The molecule has 2 heterocycles. The maximum atomic E-state index is 12.7. The SMILES string of the molecule is CCOC(=O)CC[C@@H](NC(=O)c1ccc(CCCC2CNc3nc(N)nc(N)c32)cc1)C(=O)OCC. The van der Waals surface area contributed by atoms with Crippen LogP contribution in [0.5, 0.6) is 0 Å². The molecule has 1 aromatic carbocycles. The van der Waals surface area contributed by atoms with Crippen LogP contribution < -0.4 is 22.1 Å². The van der Waals surface area contributed by atoms with Crippen molar-refractivity contribution in [2.24, 2.45) is 0 Å². The van der Waals surface area contributed by atoms with Crippen LogP contribution in [0.2, 0.25) is 0 Å².